The van der Waals surface area contributed by atoms with Gasteiger partial charge in [-0.05, 0) is 67.1 Å². The molecule has 0 N–H and O–H groups in total. The Hall–Kier alpha value is 0. The first-order chi connectivity index (χ1) is 11.6. The second-order valence-corrected chi connectivity index (χ2v) is 10.7. The van der Waals surface area contributed by atoms with Crippen LogP contribution in [0.5, 0.6) is 0 Å². The Bertz CT molecular complexity index is 346. The van der Waals surface area contributed by atoms with Gasteiger partial charge < -0.3 is 0 Å². The Kier molecular flexibility index (Phi) is 6.72. The summed E-state index contributed by atoms with van der Waals surface area (Å²) < 4.78 is 0. The van der Waals surface area contributed by atoms with Crippen molar-refractivity contribution in [2.75, 3.05) is 0 Å². The molecule has 0 aromatic carbocycles. The van der Waals surface area contributed by atoms with E-state index in [1.807, 2.05) is 0 Å². The lowest BCUT2D eigenvalue weighted by Gasteiger charge is -2.44. The molecule has 2 unspecified atom stereocenters. The first-order valence-corrected chi connectivity index (χ1v) is 11.6. The number of hydrogen-bond donors (Lipinski definition) is 0. The Morgan fingerprint density at radius 2 is 1.12 bits per heavy atom. The van der Waals surface area contributed by atoms with Crippen LogP contribution in [-0.2, 0) is 0 Å². The molecule has 140 valence electrons. The fourth-order valence-electron chi connectivity index (χ4n) is 6.51. The van der Waals surface area contributed by atoms with Gasteiger partial charge in [-0.1, -0.05) is 85.0 Å². The van der Waals surface area contributed by atoms with Crippen LogP contribution in [0.25, 0.3) is 0 Å². The molecule has 0 spiro atoms. The van der Waals surface area contributed by atoms with E-state index < -0.39 is 0 Å². The van der Waals surface area contributed by atoms with Crippen molar-refractivity contribution < 1.29 is 0 Å². The van der Waals surface area contributed by atoms with Gasteiger partial charge in [0, 0.05) is 0 Å². The average Bonchev–Trinajstić information content (AvgIpc) is 2.61. The van der Waals surface area contributed by atoms with E-state index in [0.29, 0.717) is 5.41 Å². The summed E-state index contributed by atoms with van der Waals surface area (Å²) in [6.45, 7) is 7.63. The first-order valence-electron chi connectivity index (χ1n) is 11.6. The van der Waals surface area contributed by atoms with Gasteiger partial charge in [-0.15, -0.1) is 0 Å². The van der Waals surface area contributed by atoms with Crippen molar-refractivity contribution in [1.82, 2.24) is 0 Å². The van der Waals surface area contributed by atoms with E-state index >= 15 is 0 Å². The molecular weight excluding hydrogens is 288 g/mol. The Labute approximate surface area is 152 Å². The van der Waals surface area contributed by atoms with Crippen molar-refractivity contribution in [2.45, 2.75) is 117 Å². The SMILES string of the molecule is CC(CC(C1CCCCC1)C1CCC(C)(C)CC1)C1CCCCC1. The third-order valence-electron chi connectivity index (χ3n) is 8.34. The highest BCUT2D eigenvalue weighted by atomic mass is 14.4. The van der Waals surface area contributed by atoms with Gasteiger partial charge in [0.25, 0.3) is 0 Å². The molecule has 0 saturated heterocycles. The summed E-state index contributed by atoms with van der Waals surface area (Å²) in [6, 6.07) is 0. The molecule has 3 aliphatic rings. The van der Waals surface area contributed by atoms with Crippen LogP contribution >= 0.6 is 0 Å². The smallest absolute Gasteiger partial charge is 0.0354 e. The maximum absolute atomic E-state index is 2.62. The molecule has 0 amide bonds. The molecule has 0 bridgehead atoms. The highest BCUT2D eigenvalue weighted by Gasteiger charge is 2.37. The maximum Gasteiger partial charge on any atom is -0.0354 e. The lowest BCUT2D eigenvalue weighted by molar-refractivity contribution is 0.0716. The molecule has 3 rings (SSSR count). The van der Waals surface area contributed by atoms with E-state index in [1.54, 1.807) is 19.3 Å². The molecule has 3 fully saturated rings. The number of rotatable bonds is 5. The largest absolute Gasteiger partial charge is 0.0622 e. The average molecular weight is 333 g/mol. The first kappa shape index (κ1) is 18.8. The second kappa shape index (κ2) is 8.59. The minimum absolute atomic E-state index is 0.628. The zero-order chi connectivity index (χ0) is 17.0. The standard InChI is InChI=1S/C24H44/c1-19(20-10-6-4-7-11-20)18-23(21-12-8-5-9-13-21)22-14-16-24(2,3)17-15-22/h19-23H,4-18H2,1-3H3. The summed E-state index contributed by atoms with van der Waals surface area (Å²) in [5.74, 6) is 5.26. The summed E-state index contributed by atoms with van der Waals surface area (Å²) in [7, 11) is 0. The van der Waals surface area contributed by atoms with Gasteiger partial charge in [0.2, 0.25) is 0 Å². The molecule has 0 aliphatic heterocycles. The predicted octanol–water partition coefficient (Wildman–Crippen LogP) is 8.01. The van der Waals surface area contributed by atoms with Gasteiger partial charge in [-0.25, -0.2) is 0 Å². The van der Waals surface area contributed by atoms with Gasteiger partial charge in [0.1, 0.15) is 0 Å². The summed E-state index contributed by atoms with van der Waals surface area (Å²) >= 11 is 0. The van der Waals surface area contributed by atoms with Crippen LogP contribution in [-0.4, -0.2) is 0 Å². The lowest BCUT2D eigenvalue weighted by Crippen LogP contribution is -2.33. The number of hydrogen-bond acceptors (Lipinski definition) is 0. The highest BCUT2D eigenvalue weighted by Crippen LogP contribution is 2.48. The van der Waals surface area contributed by atoms with Crippen LogP contribution in [0.2, 0.25) is 0 Å². The van der Waals surface area contributed by atoms with Gasteiger partial charge in [-0.2, -0.15) is 0 Å². The molecule has 2 atom stereocenters. The maximum atomic E-state index is 2.62. The third-order valence-corrected chi connectivity index (χ3v) is 8.34. The van der Waals surface area contributed by atoms with Crippen molar-refractivity contribution in [1.29, 1.82) is 0 Å². The van der Waals surface area contributed by atoms with E-state index in [1.165, 1.54) is 77.0 Å². The molecule has 0 heterocycles. The highest BCUT2D eigenvalue weighted by molar-refractivity contribution is 4.88. The van der Waals surface area contributed by atoms with Crippen LogP contribution in [0.4, 0.5) is 0 Å². The second-order valence-electron chi connectivity index (χ2n) is 10.7. The molecule has 0 radical (unpaired) electrons. The van der Waals surface area contributed by atoms with Crippen LogP contribution < -0.4 is 0 Å². The molecule has 0 aromatic heterocycles. The molecule has 3 saturated carbocycles. The van der Waals surface area contributed by atoms with E-state index in [9.17, 15) is 0 Å². The van der Waals surface area contributed by atoms with Crippen molar-refractivity contribution in [3.05, 3.63) is 0 Å². The van der Waals surface area contributed by atoms with Gasteiger partial charge in [0.15, 0.2) is 0 Å². The Morgan fingerprint density at radius 3 is 1.67 bits per heavy atom. The molecule has 3 aliphatic carbocycles. The summed E-state index contributed by atoms with van der Waals surface area (Å²) in [6.07, 6.45) is 22.9. The van der Waals surface area contributed by atoms with Crippen LogP contribution in [0.15, 0.2) is 0 Å². The lowest BCUT2D eigenvalue weighted by atomic mass is 9.62. The Morgan fingerprint density at radius 1 is 0.667 bits per heavy atom. The third kappa shape index (κ3) is 5.01. The summed E-state index contributed by atoms with van der Waals surface area (Å²) in [4.78, 5) is 0. The van der Waals surface area contributed by atoms with E-state index in [0.717, 1.165) is 29.6 Å². The molecular formula is C24H44. The van der Waals surface area contributed by atoms with E-state index in [2.05, 4.69) is 20.8 Å². The van der Waals surface area contributed by atoms with Crippen LogP contribution in [0, 0.1) is 35.0 Å². The van der Waals surface area contributed by atoms with Crippen molar-refractivity contribution in [3.63, 3.8) is 0 Å². The van der Waals surface area contributed by atoms with Gasteiger partial charge in [0.05, 0.1) is 0 Å². The van der Waals surface area contributed by atoms with Crippen molar-refractivity contribution in [2.24, 2.45) is 35.0 Å². The fraction of sp³-hybridized carbons (Fsp3) is 1.00. The van der Waals surface area contributed by atoms with Crippen molar-refractivity contribution in [3.8, 4) is 0 Å². The molecule has 0 heteroatoms. The predicted molar refractivity (Wildman–Crippen MR) is 106 cm³/mol. The summed E-state index contributed by atoms with van der Waals surface area (Å²) in [5, 5.41) is 0. The zero-order valence-corrected chi connectivity index (χ0v) is 17.0. The zero-order valence-electron chi connectivity index (χ0n) is 17.0. The minimum atomic E-state index is 0.628. The van der Waals surface area contributed by atoms with E-state index in [-0.39, 0.29) is 0 Å². The van der Waals surface area contributed by atoms with Crippen LogP contribution in [0.3, 0.4) is 0 Å². The Balaban J connectivity index is 1.62. The van der Waals surface area contributed by atoms with Crippen molar-refractivity contribution >= 4 is 0 Å². The topological polar surface area (TPSA) is 0 Å². The fourth-order valence-corrected chi connectivity index (χ4v) is 6.51. The molecule has 0 nitrogen and oxygen atoms in total. The van der Waals surface area contributed by atoms with Crippen LogP contribution in [0.1, 0.15) is 117 Å². The summed E-state index contributed by atoms with van der Waals surface area (Å²) in [5.41, 5.74) is 0.628. The minimum Gasteiger partial charge on any atom is -0.0622 e. The monoisotopic (exact) mass is 332 g/mol. The quantitative estimate of drug-likeness (QED) is 0.478. The molecule has 24 heavy (non-hydrogen) atoms. The normalized spacial score (nSPS) is 30.1. The molecule has 0 aromatic rings. The van der Waals surface area contributed by atoms with Gasteiger partial charge >= 0.3 is 0 Å². The van der Waals surface area contributed by atoms with E-state index in [4.69, 9.17) is 0 Å². The van der Waals surface area contributed by atoms with Gasteiger partial charge in [-0.3, -0.25) is 0 Å².